The predicted molar refractivity (Wildman–Crippen MR) is 118 cm³/mol. The van der Waals surface area contributed by atoms with Crippen molar-refractivity contribution in [1.29, 1.82) is 0 Å². The van der Waals surface area contributed by atoms with E-state index in [0.717, 1.165) is 35.4 Å². The molecular weight excluding hydrogens is 374 g/mol. The summed E-state index contributed by atoms with van der Waals surface area (Å²) in [6.45, 7) is 11.0. The van der Waals surface area contributed by atoms with Gasteiger partial charge in [-0.15, -0.1) is 0 Å². The van der Waals surface area contributed by atoms with E-state index >= 15 is 0 Å². The number of anilines is 2. The predicted octanol–water partition coefficient (Wildman–Crippen LogP) is 3.67. The normalized spacial score (nSPS) is 12.1. The Morgan fingerprint density at radius 2 is 1.82 bits per heavy atom. The van der Waals surface area contributed by atoms with Crippen LogP contribution in [-0.4, -0.2) is 52.3 Å². The van der Waals surface area contributed by atoms with Crippen molar-refractivity contribution in [2.24, 2.45) is 0 Å². The molecule has 1 aromatic heterocycles. The lowest BCUT2D eigenvalue weighted by atomic mass is 9.94. The van der Waals surface area contributed by atoms with Gasteiger partial charge in [-0.25, -0.2) is 9.97 Å². The molecule has 0 amide bonds. The van der Waals surface area contributed by atoms with Crippen LogP contribution in [0.2, 0.25) is 5.02 Å². The molecular formula is C21H30ClN5O. The van der Waals surface area contributed by atoms with Crippen LogP contribution < -0.4 is 11.1 Å². The summed E-state index contributed by atoms with van der Waals surface area (Å²) in [7, 11) is 0. The Bertz CT molecular complexity index is 799. The summed E-state index contributed by atoms with van der Waals surface area (Å²) in [6, 6.07) is 7.60. The minimum Gasteiger partial charge on any atom is -0.390 e. The van der Waals surface area contributed by atoms with Gasteiger partial charge in [0.2, 0.25) is 0 Å². The van der Waals surface area contributed by atoms with Crippen LogP contribution in [0.5, 0.6) is 0 Å². The van der Waals surface area contributed by atoms with E-state index in [0.29, 0.717) is 29.7 Å². The number of hydrogen-bond acceptors (Lipinski definition) is 6. The van der Waals surface area contributed by atoms with Gasteiger partial charge in [0.15, 0.2) is 0 Å². The number of likely N-dealkylation sites (N-methyl/N-ethyl adjacent to an activating group) is 1. The summed E-state index contributed by atoms with van der Waals surface area (Å²) in [4.78, 5) is 10.8. The van der Waals surface area contributed by atoms with Crippen LogP contribution in [0.4, 0.5) is 11.6 Å². The van der Waals surface area contributed by atoms with Gasteiger partial charge in [-0.3, -0.25) is 0 Å². The van der Waals surface area contributed by atoms with Crippen LogP contribution in [0.15, 0.2) is 36.2 Å². The van der Waals surface area contributed by atoms with Gasteiger partial charge >= 0.3 is 0 Å². The molecule has 1 heterocycles. The lowest BCUT2D eigenvalue weighted by Crippen LogP contribution is -2.36. The van der Waals surface area contributed by atoms with Gasteiger partial charge in [-0.2, -0.15) is 0 Å². The third-order valence-electron chi connectivity index (χ3n) is 4.63. The van der Waals surface area contributed by atoms with Gasteiger partial charge < -0.3 is 21.1 Å². The summed E-state index contributed by atoms with van der Waals surface area (Å²) in [5.74, 6) is 0.999. The highest BCUT2D eigenvalue weighted by molar-refractivity contribution is 6.30. The molecule has 4 N–H and O–H groups in total. The first-order valence-corrected chi connectivity index (χ1v) is 9.93. The standard InChI is InChI=1S/C21H30ClN5O/c1-5-27(6-2)12-17(28)11-24-21-19(20(23)25-13-26-21)18(14(3)4)15-7-9-16(22)10-8-15/h7-10,13,17,28H,5-6,11-12H2,1-4H3,(H3,23,24,25,26)/t17-/m1/s1. The Morgan fingerprint density at radius 1 is 1.18 bits per heavy atom. The molecule has 152 valence electrons. The Hall–Kier alpha value is -2.15. The molecule has 2 rings (SSSR count). The molecule has 1 aromatic carbocycles. The molecule has 0 spiro atoms. The van der Waals surface area contributed by atoms with Gasteiger partial charge in [0.05, 0.1) is 11.7 Å². The van der Waals surface area contributed by atoms with Gasteiger partial charge in [-0.1, -0.05) is 43.2 Å². The summed E-state index contributed by atoms with van der Waals surface area (Å²) >= 11 is 6.04. The van der Waals surface area contributed by atoms with E-state index in [1.54, 1.807) is 0 Å². The Labute approximate surface area is 172 Å². The maximum absolute atomic E-state index is 10.4. The van der Waals surface area contributed by atoms with Crippen LogP contribution in [0.25, 0.3) is 5.57 Å². The monoisotopic (exact) mass is 403 g/mol. The zero-order valence-corrected chi connectivity index (χ0v) is 17.8. The SMILES string of the molecule is CCN(CC)C[C@H](O)CNc1ncnc(N)c1C(=C(C)C)c1ccc(Cl)cc1. The first kappa shape index (κ1) is 22.1. The number of hydrogen-bond donors (Lipinski definition) is 3. The largest absolute Gasteiger partial charge is 0.390 e. The summed E-state index contributed by atoms with van der Waals surface area (Å²) in [6.07, 6.45) is 0.914. The molecule has 6 nitrogen and oxygen atoms in total. The Kier molecular flexibility index (Phi) is 8.23. The van der Waals surface area contributed by atoms with E-state index in [-0.39, 0.29) is 0 Å². The summed E-state index contributed by atoms with van der Waals surface area (Å²) < 4.78 is 0. The average Bonchev–Trinajstić information content (AvgIpc) is 2.67. The maximum atomic E-state index is 10.4. The highest BCUT2D eigenvalue weighted by Crippen LogP contribution is 2.34. The summed E-state index contributed by atoms with van der Waals surface area (Å²) in [5.41, 5.74) is 9.99. The topological polar surface area (TPSA) is 87.3 Å². The zero-order valence-electron chi connectivity index (χ0n) is 17.0. The van der Waals surface area contributed by atoms with Crippen LogP contribution >= 0.6 is 11.6 Å². The van der Waals surface area contributed by atoms with Crippen molar-refractivity contribution in [3.8, 4) is 0 Å². The molecule has 0 unspecified atom stereocenters. The van der Waals surface area contributed by atoms with Crippen molar-refractivity contribution >= 4 is 28.8 Å². The van der Waals surface area contributed by atoms with Crippen molar-refractivity contribution < 1.29 is 5.11 Å². The van der Waals surface area contributed by atoms with Crippen LogP contribution in [0.3, 0.4) is 0 Å². The van der Waals surface area contributed by atoms with Gasteiger partial charge in [0.1, 0.15) is 18.0 Å². The minimum atomic E-state index is -0.519. The molecule has 0 aliphatic carbocycles. The minimum absolute atomic E-state index is 0.372. The molecule has 0 bridgehead atoms. The van der Waals surface area contributed by atoms with Gasteiger partial charge in [0.25, 0.3) is 0 Å². The lowest BCUT2D eigenvalue weighted by molar-refractivity contribution is 0.128. The quantitative estimate of drug-likeness (QED) is 0.592. The van der Waals surface area contributed by atoms with Crippen molar-refractivity contribution in [2.45, 2.75) is 33.8 Å². The molecule has 1 atom stereocenters. The van der Waals surface area contributed by atoms with E-state index in [9.17, 15) is 5.11 Å². The molecule has 0 aliphatic rings. The zero-order chi connectivity index (χ0) is 20.7. The fourth-order valence-corrected chi connectivity index (χ4v) is 3.26. The number of aromatic nitrogens is 2. The smallest absolute Gasteiger partial charge is 0.139 e. The molecule has 0 fully saturated rings. The van der Waals surface area contributed by atoms with Gasteiger partial charge in [0, 0.05) is 18.1 Å². The van der Waals surface area contributed by atoms with Crippen LogP contribution in [0, 0.1) is 0 Å². The van der Waals surface area contributed by atoms with Crippen molar-refractivity contribution in [1.82, 2.24) is 14.9 Å². The van der Waals surface area contributed by atoms with E-state index in [1.165, 1.54) is 6.33 Å². The second-order valence-electron chi connectivity index (χ2n) is 6.88. The maximum Gasteiger partial charge on any atom is 0.139 e. The van der Waals surface area contributed by atoms with Crippen LogP contribution in [-0.2, 0) is 0 Å². The molecule has 7 heteroatoms. The number of aliphatic hydroxyl groups is 1. The molecule has 2 aromatic rings. The number of nitrogens with zero attached hydrogens (tertiary/aromatic N) is 3. The second-order valence-corrected chi connectivity index (χ2v) is 7.32. The fourth-order valence-electron chi connectivity index (χ4n) is 3.14. The number of nitrogens with two attached hydrogens (primary N) is 1. The summed E-state index contributed by atoms with van der Waals surface area (Å²) in [5, 5.41) is 14.3. The van der Waals surface area contributed by atoms with E-state index in [1.807, 2.05) is 38.1 Å². The molecule has 28 heavy (non-hydrogen) atoms. The second kappa shape index (κ2) is 10.4. The highest BCUT2D eigenvalue weighted by Gasteiger charge is 2.18. The first-order chi connectivity index (χ1) is 13.4. The number of aliphatic hydroxyl groups excluding tert-OH is 1. The van der Waals surface area contributed by atoms with Crippen LogP contribution in [0.1, 0.15) is 38.8 Å². The highest BCUT2D eigenvalue weighted by atomic mass is 35.5. The van der Waals surface area contributed by atoms with E-state index in [4.69, 9.17) is 17.3 Å². The Balaban J connectivity index is 2.32. The number of halogens is 1. The number of rotatable bonds is 9. The van der Waals surface area contributed by atoms with Crippen molar-refractivity contribution in [2.75, 3.05) is 37.2 Å². The number of benzene rings is 1. The lowest BCUT2D eigenvalue weighted by Gasteiger charge is -2.23. The third-order valence-corrected chi connectivity index (χ3v) is 4.88. The number of nitrogens with one attached hydrogen (secondary N) is 1. The van der Waals surface area contributed by atoms with E-state index in [2.05, 4.69) is 34.0 Å². The third kappa shape index (κ3) is 5.67. The molecule has 0 saturated carbocycles. The fraction of sp³-hybridized carbons (Fsp3) is 0.429. The number of allylic oxidation sites excluding steroid dienone is 1. The van der Waals surface area contributed by atoms with E-state index < -0.39 is 6.10 Å². The Morgan fingerprint density at radius 3 is 2.39 bits per heavy atom. The van der Waals surface area contributed by atoms with Crippen molar-refractivity contribution in [3.63, 3.8) is 0 Å². The van der Waals surface area contributed by atoms with Gasteiger partial charge in [-0.05, 0) is 50.2 Å². The molecule has 0 radical (unpaired) electrons. The first-order valence-electron chi connectivity index (χ1n) is 9.55. The average molecular weight is 404 g/mol. The number of nitrogen functional groups attached to an aromatic ring is 1. The van der Waals surface area contributed by atoms with Crippen molar-refractivity contribution in [3.05, 3.63) is 52.3 Å². The molecule has 0 saturated heterocycles. The molecule has 0 aliphatic heterocycles.